The summed E-state index contributed by atoms with van der Waals surface area (Å²) >= 11 is 1.91. The summed E-state index contributed by atoms with van der Waals surface area (Å²) in [6, 6.07) is 2.78. The number of furan rings is 1. The van der Waals surface area contributed by atoms with Crippen LogP contribution >= 0.6 is 11.8 Å². The maximum Gasteiger partial charge on any atom is 0.118 e. The largest absolute Gasteiger partial charge is 0.465 e. The highest BCUT2D eigenvalue weighted by atomic mass is 32.2. The van der Waals surface area contributed by atoms with E-state index in [1.165, 1.54) is 17.7 Å². The van der Waals surface area contributed by atoms with Crippen molar-refractivity contribution in [1.29, 1.82) is 0 Å². The van der Waals surface area contributed by atoms with Crippen molar-refractivity contribution in [3.8, 4) is 0 Å². The second-order valence-corrected chi connectivity index (χ2v) is 5.86. The Labute approximate surface area is 115 Å². The zero-order valence-electron chi connectivity index (χ0n) is 12.2. The molecule has 0 spiro atoms. The van der Waals surface area contributed by atoms with Crippen LogP contribution in [0.25, 0.3) is 0 Å². The molecule has 0 fully saturated rings. The molecule has 1 aromatic rings. The van der Waals surface area contributed by atoms with Crippen molar-refractivity contribution in [2.75, 3.05) is 26.1 Å². The second-order valence-electron chi connectivity index (χ2n) is 4.87. The summed E-state index contributed by atoms with van der Waals surface area (Å²) < 4.78 is 5.72. The molecule has 0 aliphatic rings. The Morgan fingerprint density at radius 3 is 2.83 bits per heavy atom. The molecule has 3 nitrogen and oxygen atoms in total. The standard InChI is InChI=1S/C14H26N2OS/c1-11(6-7-18-5)16(4)10-13-8-14(9-15-3)17-12(13)2/h8,11,15H,6-7,9-10H2,1-5H3. The third-order valence-electron chi connectivity index (χ3n) is 3.33. The first-order valence-corrected chi connectivity index (χ1v) is 7.89. The Morgan fingerprint density at radius 1 is 1.50 bits per heavy atom. The lowest BCUT2D eigenvalue weighted by atomic mass is 10.2. The third kappa shape index (κ3) is 4.67. The number of nitrogens with one attached hydrogen (secondary N) is 1. The molecule has 1 aromatic heterocycles. The Morgan fingerprint density at radius 2 is 2.22 bits per heavy atom. The van der Waals surface area contributed by atoms with Gasteiger partial charge in [0.15, 0.2) is 0 Å². The number of nitrogens with zero attached hydrogens (tertiary/aromatic N) is 1. The zero-order valence-corrected chi connectivity index (χ0v) is 13.1. The topological polar surface area (TPSA) is 28.4 Å². The van der Waals surface area contributed by atoms with E-state index in [0.29, 0.717) is 6.04 Å². The van der Waals surface area contributed by atoms with Crippen LogP contribution in [0.1, 0.15) is 30.4 Å². The van der Waals surface area contributed by atoms with Crippen molar-refractivity contribution in [2.24, 2.45) is 0 Å². The molecule has 1 N–H and O–H groups in total. The van der Waals surface area contributed by atoms with Gasteiger partial charge < -0.3 is 9.73 Å². The van der Waals surface area contributed by atoms with Gasteiger partial charge in [-0.1, -0.05) is 0 Å². The minimum atomic E-state index is 0.611. The minimum Gasteiger partial charge on any atom is -0.465 e. The maximum absolute atomic E-state index is 5.72. The summed E-state index contributed by atoms with van der Waals surface area (Å²) in [5.74, 6) is 3.29. The molecule has 1 heterocycles. The molecule has 0 saturated heterocycles. The number of hydrogen-bond donors (Lipinski definition) is 1. The normalized spacial score (nSPS) is 13.2. The molecule has 1 rings (SSSR count). The quantitative estimate of drug-likeness (QED) is 0.786. The molecule has 0 saturated carbocycles. The summed E-state index contributed by atoms with van der Waals surface area (Å²) in [6.45, 7) is 6.11. The van der Waals surface area contributed by atoms with Crippen LogP contribution in [0.2, 0.25) is 0 Å². The molecular formula is C14H26N2OS. The van der Waals surface area contributed by atoms with Gasteiger partial charge in [0.05, 0.1) is 6.54 Å². The lowest BCUT2D eigenvalue weighted by molar-refractivity contribution is 0.243. The van der Waals surface area contributed by atoms with Crippen molar-refractivity contribution < 1.29 is 4.42 Å². The van der Waals surface area contributed by atoms with E-state index < -0.39 is 0 Å². The minimum absolute atomic E-state index is 0.611. The van der Waals surface area contributed by atoms with Crippen LogP contribution in [-0.2, 0) is 13.1 Å². The van der Waals surface area contributed by atoms with Gasteiger partial charge in [0.2, 0.25) is 0 Å². The summed E-state index contributed by atoms with van der Waals surface area (Å²) in [4.78, 5) is 2.40. The molecule has 0 bridgehead atoms. The summed E-state index contributed by atoms with van der Waals surface area (Å²) in [6.07, 6.45) is 3.40. The molecule has 0 aliphatic heterocycles. The van der Waals surface area contributed by atoms with Crippen molar-refractivity contribution in [1.82, 2.24) is 10.2 Å². The maximum atomic E-state index is 5.72. The molecule has 1 unspecified atom stereocenters. The molecule has 0 aromatic carbocycles. The first kappa shape index (κ1) is 15.6. The molecule has 18 heavy (non-hydrogen) atoms. The van der Waals surface area contributed by atoms with Gasteiger partial charge >= 0.3 is 0 Å². The Bertz CT molecular complexity index is 352. The van der Waals surface area contributed by atoms with Crippen LogP contribution in [-0.4, -0.2) is 37.0 Å². The lowest BCUT2D eigenvalue weighted by Gasteiger charge is -2.24. The van der Waals surface area contributed by atoms with Gasteiger partial charge in [-0.15, -0.1) is 0 Å². The van der Waals surface area contributed by atoms with E-state index in [1.54, 1.807) is 0 Å². The van der Waals surface area contributed by atoms with E-state index in [9.17, 15) is 0 Å². The van der Waals surface area contributed by atoms with Gasteiger partial charge in [-0.05, 0) is 52.4 Å². The molecule has 1 atom stereocenters. The van der Waals surface area contributed by atoms with E-state index in [1.807, 2.05) is 18.8 Å². The molecule has 0 aliphatic carbocycles. The fourth-order valence-electron chi connectivity index (χ4n) is 1.94. The number of thioether (sulfide) groups is 1. The van der Waals surface area contributed by atoms with Crippen LogP contribution in [0.5, 0.6) is 0 Å². The molecular weight excluding hydrogens is 244 g/mol. The molecule has 104 valence electrons. The Kier molecular flexibility index (Phi) is 6.82. The van der Waals surface area contributed by atoms with Gasteiger partial charge in [-0.2, -0.15) is 11.8 Å². The zero-order chi connectivity index (χ0) is 13.5. The monoisotopic (exact) mass is 270 g/mol. The van der Waals surface area contributed by atoms with Gasteiger partial charge in [-0.25, -0.2) is 0 Å². The number of rotatable bonds is 8. The van der Waals surface area contributed by atoms with E-state index >= 15 is 0 Å². The van der Waals surface area contributed by atoms with E-state index in [-0.39, 0.29) is 0 Å². The van der Waals surface area contributed by atoms with Crippen LogP contribution in [0.3, 0.4) is 0 Å². The second kappa shape index (κ2) is 7.87. The van der Waals surface area contributed by atoms with Gasteiger partial charge in [0.25, 0.3) is 0 Å². The van der Waals surface area contributed by atoms with Gasteiger partial charge in [0, 0.05) is 18.2 Å². The predicted octanol–water partition coefficient (Wildman–Crippen LogP) is 2.88. The first-order valence-electron chi connectivity index (χ1n) is 6.50. The van der Waals surface area contributed by atoms with Gasteiger partial charge in [-0.3, -0.25) is 4.90 Å². The lowest BCUT2D eigenvalue weighted by Crippen LogP contribution is -2.29. The van der Waals surface area contributed by atoms with Crippen molar-refractivity contribution in [3.05, 3.63) is 23.2 Å². The fourth-order valence-corrected chi connectivity index (χ4v) is 2.52. The molecule has 4 heteroatoms. The molecule has 0 radical (unpaired) electrons. The smallest absolute Gasteiger partial charge is 0.118 e. The van der Waals surface area contributed by atoms with E-state index in [4.69, 9.17) is 4.42 Å². The number of hydrogen-bond acceptors (Lipinski definition) is 4. The van der Waals surface area contributed by atoms with Gasteiger partial charge in [0.1, 0.15) is 11.5 Å². The number of aryl methyl sites for hydroxylation is 1. The first-order chi connectivity index (χ1) is 8.58. The highest BCUT2D eigenvalue weighted by Gasteiger charge is 2.13. The van der Waals surface area contributed by atoms with E-state index in [2.05, 4.69) is 43.4 Å². The van der Waals surface area contributed by atoms with Crippen molar-refractivity contribution in [3.63, 3.8) is 0 Å². The Hall–Kier alpha value is -0.450. The van der Waals surface area contributed by atoms with Crippen molar-refractivity contribution in [2.45, 2.75) is 39.4 Å². The summed E-state index contributed by atoms with van der Waals surface area (Å²) in [5, 5.41) is 3.12. The van der Waals surface area contributed by atoms with Crippen LogP contribution in [0, 0.1) is 6.92 Å². The SMILES string of the molecule is CNCc1cc(CN(C)C(C)CCSC)c(C)o1. The third-order valence-corrected chi connectivity index (χ3v) is 3.98. The highest BCUT2D eigenvalue weighted by molar-refractivity contribution is 7.98. The summed E-state index contributed by atoms with van der Waals surface area (Å²) in [5.41, 5.74) is 1.30. The van der Waals surface area contributed by atoms with Crippen LogP contribution < -0.4 is 5.32 Å². The van der Waals surface area contributed by atoms with Crippen LogP contribution in [0.4, 0.5) is 0 Å². The Balaban J connectivity index is 2.55. The average Bonchev–Trinajstić information content (AvgIpc) is 2.67. The highest BCUT2D eigenvalue weighted by Crippen LogP contribution is 2.18. The van der Waals surface area contributed by atoms with Crippen molar-refractivity contribution >= 4 is 11.8 Å². The summed E-state index contributed by atoms with van der Waals surface area (Å²) in [7, 11) is 4.13. The predicted molar refractivity (Wildman–Crippen MR) is 80.1 cm³/mol. The van der Waals surface area contributed by atoms with Crippen LogP contribution in [0.15, 0.2) is 10.5 Å². The average molecular weight is 270 g/mol. The van der Waals surface area contributed by atoms with E-state index in [0.717, 1.165) is 24.6 Å². The fraction of sp³-hybridized carbons (Fsp3) is 0.714. The molecule has 0 amide bonds.